The Labute approximate surface area is 218 Å². The summed E-state index contributed by atoms with van der Waals surface area (Å²) < 4.78 is 10.7. The SMILES string of the molecule is CCCCNC(=O)C(c1ccccc1)N(Cc1ccc(Cl)cc1)C(=O)Cc1ccc(OC)c(OC)c1. The first-order chi connectivity index (χ1) is 17.5. The van der Waals surface area contributed by atoms with E-state index in [0.717, 1.165) is 29.5 Å². The molecule has 0 aliphatic heterocycles. The predicted molar refractivity (Wildman–Crippen MR) is 142 cm³/mol. The third-order valence-electron chi connectivity index (χ3n) is 5.89. The van der Waals surface area contributed by atoms with Crippen LogP contribution in [0.2, 0.25) is 5.02 Å². The van der Waals surface area contributed by atoms with Gasteiger partial charge in [0.25, 0.3) is 0 Å². The lowest BCUT2D eigenvalue weighted by Crippen LogP contribution is -2.44. The topological polar surface area (TPSA) is 67.9 Å². The first-order valence-corrected chi connectivity index (χ1v) is 12.4. The van der Waals surface area contributed by atoms with E-state index in [2.05, 4.69) is 12.2 Å². The Bertz CT molecular complexity index is 1140. The Kier molecular flexibility index (Phi) is 10.2. The Balaban J connectivity index is 1.98. The fourth-order valence-electron chi connectivity index (χ4n) is 3.97. The second kappa shape index (κ2) is 13.5. The quantitative estimate of drug-likeness (QED) is 0.324. The van der Waals surface area contributed by atoms with Crippen molar-refractivity contribution in [1.29, 1.82) is 0 Å². The minimum atomic E-state index is -0.786. The molecule has 0 radical (unpaired) electrons. The Morgan fingerprint density at radius 1 is 0.917 bits per heavy atom. The van der Waals surface area contributed by atoms with Crippen LogP contribution >= 0.6 is 11.6 Å². The number of carbonyl (C=O) groups is 2. The molecular weight excluding hydrogens is 476 g/mol. The Hall–Kier alpha value is -3.51. The lowest BCUT2D eigenvalue weighted by molar-refractivity contribution is -0.141. The smallest absolute Gasteiger partial charge is 0.247 e. The number of nitrogens with one attached hydrogen (secondary N) is 1. The number of ether oxygens (including phenoxy) is 2. The number of carbonyl (C=O) groups excluding carboxylic acids is 2. The molecule has 0 aliphatic carbocycles. The van der Waals surface area contributed by atoms with Crippen molar-refractivity contribution in [2.45, 2.75) is 38.8 Å². The van der Waals surface area contributed by atoms with Gasteiger partial charge in [-0.2, -0.15) is 0 Å². The highest BCUT2D eigenvalue weighted by molar-refractivity contribution is 6.30. The molecule has 0 fully saturated rings. The van der Waals surface area contributed by atoms with Crippen LogP contribution in [0.1, 0.15) is 42.5 Å². The largest absolute Gasteiger partial charge is 0.493 e. The number of hydrogen-bond acceptors (Lipinski definition) is 4. The summed E-state index contributed by atoms with van der Waals surface area (Å²) >= 11 is 6.08. The van der Waals surface area contributed by atoms with Crippen LogP contribution in [0.5, 0.6) is 11.5 Å². The summed E-state index contributed by atoms with van der Waals surface area (Å²) in [4.78, 5) is 29.0. The van der Waals surface area contributed by atoms with E-state index < -0.39 is 6.04 Å². The van der Waals surface area contributed by atoms with E-state index in [-0.39, 0.29) is 24.8 Å². The van der Waals surface area contributed by atoms with Crippen LogP contribution in [0.3, 0.4) is 0 Å². The van der Waals surface area contributed by atoms with Gasteiger partial charge in [0.05, 0.1) is 20.6 Å². The van der Waals surface area contributed by atoms with E-state index in [0.29, 0.717) is 23.1 Å². The zero-order valence-electron chi connectivity index (χ0n) is 21.0. The molecule has 1 atom stereocenters. The number of unbranched alkanes of at least 4 members (excludes halogenated alkanes) is 1. The number of hydrogen-bond donors (Lipinski definition) is 1. The zero-order valence-corrected chi connectivity index (χ0v) is 21.8. The molecule has 1 unspecified atom stereocenters. The molecule has 36 heavy (non-hydrogen) atoms. The number of methoxy groups -OCH3 is 2. The molecule has 0 saturated heterocycles. The maximum absolute atomic E-state index is 13.8. The molecule has 6 nitrogen and oxygen atoms in total. The highest BCUT2D eigenvalue weighted by Crippen LogP contribution is 2.29. The van der Waals surface area contributed by atoms with Crippen LogP contribution in [-0.4, -0.2) is 37.5 Å². The molecule has 3 aromatic rings. The van der Waals surface area contributed by atoms with Gasteiger partial charge in [-0.1, -0.05) is 73.5 Å². The van der Waals surface area contributed by atoms with E-state index in [1.54, 1.807) is 43.4 Å². The first-order valence-electron chi connectivity index (χ1n) is 12.0. The highest BCUT2D eigenvalue weighted by Gasteiger charge is 2.31. The molecule has 0 aliphatic rings. The molecule has 1 N–H and O–H groups in total. The minimum absolute atomic E-state index is 0.0967. The van der Waals surface area contributed by atoms with Crippen molar-refractivity contribution >= 4 is 23.4 Å². The fraction of sp³-hybridized carbons (Fsp3) is 0.310. The molecule has 3 aromatic carbocycles. The molecule has 2 amide bonds. The van der Waals surface area contributed by atoms with Gasteiger partial charge in [-0.15, -0.1) is 0 Å². The maximum Gasteiger partial charge on any atom is 0.247 e. The van der Waals surface area contributed by atoms with Crippen molar-refractivity contribution in [3.8, 4) is 11.5 Å². The van der Waals surface area contributed by atoms with E-state index in [4.69, 9.17) is 21.1 Å². The zero-order chi connectivity index (χ0) is 25.9. The first kappa shape index (κ1) is 27.1. The van der Waals surface area contributed by atoms with Crippen LogP contribution in [0, 0.1) is 0 Å². The van der Waals surface area contributed by atoms with Crippen molar-refractivity contribution in [2.24, 2.45) is 0 Å². The third-order valence-corrected chi connectivity index (χ3v) is 6.15. The second-order valence-electron chi connectivity index (χ2n) is 8.47. The maximum atomic E-state index is 13.8. The van der Waals surface area contributed by atoms with Crippen molar-refractivity contribution < 1.29 is 19.1 Å². The van der Waals surface area contributed by atoms with Gasteiger partial charge in [-0.05, 0) is 47.4 Å². The molecule has 0 bridgehead atoms. The summed E-state index contributed by atoms with van der Waals surface area (Å²) in [5, 5.41) is 3.63. The van der Waals surface area contributed by atoms with Crippen LogP contribution in [0.4, 0.5) is 0 Å². The third kappa shape index (κ3) is 7.25. The molecule has 190 valence electrons. The molecular formula is C29H33ClN2O4. The van der Waals surface area contributed by atoms with Gasteiger partial charge in [0.1, 0.15) is 6.04 Å². The van der Waals surface area contributed by atoms with Crippen LogP contribution < -0.4 is 14.8 Å². The van der Waals surface area contributed by atoms with Crippen LogP contribution in [0.25, 0.3) is 0 Å². The van der Waals surface area contributed by atoms with Gasteiger partial charge in [-0.3, -0.25) is 9.59 Å². The predicted octanol–water partition coefficient (Wildman–Crippen LogP) is 5.59. The van der Waals surface area contributed by atoms with E-state index in [9.17, 15) is 9.59 Å². The summed E-state index contributed by atoms with van der Waals surface area (Å²) in [5.41, 5.74) is 2.39. The number of rotatable bonds is 12. The van der Waals surface area contributed by atoms with Crippen molar-refractivity contribution in [3.05, 3.63) is 94.5 Å². The second-order valence-corrected chi connectivity index (χ2v) is 8.91. The summed E-state index contributed by atoms with van der Waals surface area (Å²) in [6, 6.07) is 21.3. The van der Waals surface area contributed by atoms with Gasteiger partial charge < -0.3 is 19.7 Å². The van der Waals surface area contributed by atoms with Crippen LogP contribution in [0.15, 0.2) is 72.8 Å². The number of benzene rings is 3. The van der Waals surface area contributed by atoms with Crippen molar-refractivity contribution in [2.75, 3.05) is 20.8 Å². The van der Waals surface area contributed by atoms with Crippen molar-refractivity contribution in [3.63, 3.8) is 0 Å². The molecule has 3 rings (SSSR count). The normalized spacial score (nSPS) is 11.4. The van der Waals surface area contributed by atoms with Gasteiger partial charge in [-0.25, -0.2) is 0 Å². The number of nitrogens with zero attached hydrogens (tertiary/aromatic N) is 1. The fourth-order valence-corrected chi connectivity index (χ4v) is 4.10. The summed E-state index contributed by atoms with van der Waals surface area (Å²) in [6.07, 6.45) is 1.92. The molecule has 0 saturated carbocycles. The van der Waals surface area contributed by atoms with E-state index in [1.165, 1.54) is 0 Å². The number of halogens is 1. The summed E-state index contributed by atoms with van der Waals surface area (Å²) in [7, 11) is 3.13. The van der Waals surface area contributed by atoms with Crippen molar-refractivity contribution in [1.82, 2.24) is 10.2 Å². The molecule has 0 spiro atoms. The lowest BCUT2D eigenvalue weighted by Gasteiger charge is -2.32. The van der Waals surface area contributed by atoms with Gasteiger partial charge >= 0.3 is 0 Å². The van der Waals surface area contributed by atoms with E-state index in [1.807, 2.05) is 48.5 Å². The lowest BCUT2D eigenvalue weighted by atomic mass is 10.0. The monoisotopic (exact) mass is 508 g/mol. The summed E-state index contributed by atoms with van der Waals surface area (Å²) in [6.45, 7) is 2.88. The Morgan fingerprint density at radius 3 is 2.22 bits per heavy atom. The van der Waals surface area contributed by atoms with Crippen LogP contribution in [-0.2, 0) is 22.6 Å². The molecule has 0 heterocycles. The standard InChI is InChI=1S/C29H33ClN2O4/c1-4-5-17-31-29(34)28(23-9-7-6-8-10-23)32(20-21-11-14-24(30)15-12-21)27(33)19-22-13-16-25(35-2)26(18-22)36-3/h6-16,18,28H,4-5,17,19-20H2,1-3H3,(H,31,34). The van der Waals surface area contributed by atoms with Gasteiger partial charge in [0, 0.05) is 18.1 Å². The summed E-state index contributed by atoms with van der Waals surface area (Å²) in [5.74, 6) is 0.745. The highest BCUT2D eigenvalue weighted by atomic mass is 35.5. The minimum Gasteiger partial charge on any atom is -0.493 e. The number of amides is 2. The van der Waals surface area contributed by atoms with E-state index >= 15 is 0 Å². The average Bonchev–Trinajstić information content (AvgIpc) is 2.90. The Morgan fingerprint density at radius 2 is 1.58 bits per heavy atom. The molecule has 0 aromatic heterocycles. The van der Waals surface area contributed by atoms with Gasteiger partial charge in [0.15, 0.2) is 11.5 Å². The molecule has 7 heteroatoms. The van der Waals surface area contributed by atoms with Gasteiger partial charge in [0.2, 0.25) is 11.8 Å². The average molecular weight is 509 g/mol.